The second-order valence-corrected chi connectivity index (χ2v) is 19.8. The molecule has 3 nitrogen and oxygen atoms in total. The zero-order chi connectivity index (χ0) is 30.6. The summed E-state index contributed by atoms with van der Waals surface area (Å²) in [6, 6.07) is 17.2. The van der Waals surface area contributed by atoms with E-state index in [9.17, 15) is 0 Å². The van der Waals surface area contributed by atoms with E-state index < -0.39 is 0 Å². The number of benzene rings is 2. The Morgan fingerprint density at radius 2 is 0.875 bits per heavy atom. The van der Waals surface area contributed by atoms with E-state index in [1.807, 2.05) is 0 Å². The van der Waals surface area contributed by atoms with Gasteiger partial charge in [-0.25, -0.2) is 0 Å². The molecule has 0 aliphatic heterocycles. The lowest BCUT2D eigenvalue weighted by atomic mass is 9.67. The number of alkyl halides is 1. The highest BCUT2D eigenvalue weighted by molar-refractivity contribution is 14.2. The summed E-state index contributed by atoms with van der Waals surface area (Å²) < 4.78 is 16.5. The molecule has 0 heterocycles. The minimum atomic E-state index is -0.327. The van der Waals surface area contributed by atoms with Crippen LogP contribution in [0, 0.1) is 10.8 Å². The van der Waals surface area contributed by atoms with Crippen LogP contribution in [0.1, 0.15) is 120 Å². The van der Waals surface area contributed by atoms with Crippen molar-refractivity contribution in [3.05, 3.63) is 59.7 Å². The van der Waals surface area contributed by atoms with Crippen molar-refractivity contribution in [1.29, 1.82) is 0 Å². The first-order valence-corrected chi connectivity index (χ1v) is 16.8. The molecular weight excluding hydrogens is 605 g/mol. The molecule has 2 aromatic carbocycles. The molecule has 0 N–H and O–H groups in total. The van der Waals surface area contributed by atoms with Crippen molar-refractivity contribution >= 4 is 21.0 Å². The Hall–Kier alpha value is -1.43. The highest BCUT2D eigenvalue weighted by Gasteiger charge is 2.37. The van der Waals surface area contributed by atoms with Gasteiger partial charge in [-0.1, -0.05) is 79.7 Å². The number of rotatable bonds is 14. The third-order valence-corrected chi connectivity index (χ3v) is 11.1. The molecule has 0 amide bonds. The maximum atomic E-state index is 5.48. The average Bonchev–Trinajstić information content (AvgIpc) is 2.80. The summed E-state index contributed by atoms with van der Waals surface area (Å²) in [5.74, 6) is 1.83. The molecule has 2 aromatic rings. The van der Waals surface area contributed by atoms with Gasteiger partial charge in [0.25, 0.3) is 0 Å². The Morgan fingerprint density at radius 1 is 0.525 bits per heavy atom. The molecule has 0 unspecified atom stereocenters. The average molecular weight is 664 g/mol. The maximum Gasteiger partial charge on any atom is 0.118 e. The molecule has 2 rings (SSSR count). The first-order valence-electron chi connectivity index (χ1n) is 14.8. The number of halogens is 1. The quantitative estimate of drug-likeness (QED) is 0.149. The van der Waals surface area contributed by atoms with E-state index in [2.05, 4.69) is 132 Å². The number of methoxy groups -OCH3 is 2. The molecule has 0 bridgehead atoms. The first kappa shape index (κ1) is 34.8. The van der Waals surface area contributed by atoms with Gasteiger partial charge < -0.3 is 9.47 Å². The van der Waals surface area contributed by atoms with Crippen LogP contribution in [-0.2, 0) is 10.8 Å². The van der Waals surface area contributed by atoms with Crippen LogP contribution in [0.5, 0.6) is 11.5 Å². The third-order valence-electron chi connectivity index (χ3n) is 7.89. The van der Waals surface area contributed by atoms with Gasteiger partial charge in [-0.3, -0.25) is 3.15 Å². The summed E-state index contributed by atoms with van der Waals surface area (Å²) >= 11 is -0.327. The third kappa shape index (κ3) is 10.8. The largest absolute Gasteiger partial charge is 0.497 e. The molecule has 4 heteroatoms. The van der Waals surface area contributed by atoms with Gasteiger partial charge in [-0.15, -0.1) is 0 Å². The lowest BCUT2D eigenvalue weighted by Crippen LogP contribution is -2.33. The number of nitrogens with zero attached hydrogens (tertiary/aromatic N) is 1. The molecule has 0 aliphatic rings. The highest BCUT2D eigenvalue weighted by atomic mass is 127. The van der Waals surface area contributed by atoms with Crippen LogP contribution in [0.4, 0.5) is 0 Å². The highest BCUT2D eigenvalue weighted by Crippen LogP contribution is 2.47. The standard InChI is InChI=1S/C36H58INO2/c1-31(2,23-33(5,6)27-15-19-29(39-13)20-16-27)25-35(9,10)37-38-36(11,12)26-32(3,4)24-34(7,8)28-17-21-30(40-14)22-18-28/h15-22H,23-26H2,1-14H3. The molecule has 0 saturated heterocycles. The van der Waals surface area contributed by atoms with E-state index in [4.69, 9.17) is 12.6 Å². The molecule has 0 radical (unpaired) electrons. The van der Waals surface area contributed by atoms with E-state index in [1.165, 1.54) is 17.5 Å². The monoisotopic (exact) mass is 663 g/mol. The summed E-state index contributed by atoms with van der Waals surface area (Å²) in [7, 11) is 3.45. The topological polar surface area (TPSA) is 30.8 Å². The number of hydrogen-bond acceptors (Lipinski definition) is 3. The van der Waals surface area contributed by atoms with Crippen molar-refractivity contribution in [2.75, 3.05) is 14.2 Å². The van der Waals surface area contributed by atoms with Gasteiger partial charge >= 0.3 is 0 Å². The molecule has 0 saturated carbocycles. The molecule has 0 aliphatic carbocycles. The smallest absolute Gasteiger partial charge is 0.118 e. The van der Waals surface area contributed by atoms with Crippen molar-refractivity contribution in [3.8, 4) is 11.5 Å². The molecule has 0 spiro atoms. The van der Waals surface area contributed by atoms with Crippen LogP contribution in [0.25, 0.3) is 0 Å². The first-order chi connectivity index (χ1) is 18.1. The lowest BCUT2D eigenvalue weighted by molar-refractivity contribution is 0.199. The van der Waals surface area contributed by atoms with E-state index in [0.717, 1.165) is 30.8 Å². The fourth-order valence-corrected chi connectivity index (χ4v) is 10.1. The van der Waals surface area contributed by atoms with Gasteiger partial charge in [0.05, 0.1) is 19.8 Å². The Balaban J connectivity index is 2.08. The van der Waals surface area contributed by atoms with Gasteiger partial charge in [0.2, 0.25) is 0 Å². The van der Waals surface area contributed by atoms with Crippen LogP contribution < -0.4 is 9.47 Å². The Bertz CT molecular complexity index is 1020. The zero-order valence-electron chi connectivity index (χ0n) is 28.1. The Morgan fingerprint density at radius 3 is 1.23 bits per heavy atom. The Labute approximate surface area is 257 Å². The zero-order valence-corrected chi connectivity index (χ0v) is 30.2. The predicted octanol–water partition coefficient (Wildman–Crippen LogP) is 11.3. The number of hydrogen-bond donors (Lipinski definition) is 0. The van der Waals surface area contributed by atoms with Gasteiger partial charge in [-0.2, -0.15) is 0 Å². The molecule has 0 atom stereocenters. The van der Waals surface area contributed by atoms with Crippen molar-refractivity contribution < 1.29 is 9.47 Å². The maximum absolute atomic E-state index is 5.48. The van der Waals surface area contributed by atoms with Crippen LogP contribution in [-0.4, -0.2) is 23.2 Å². The number of ether oxygens (including phenoxy) is 2. The van der Waals surface area contributed by atoms with Gasteiger partial charge in [0, 0.05) is 3.42 Å². The normalized spacial score (nSPS) is 14.2. The summed E-state index contributed by atoms with van der Waals surface area (Å²) in [5, 5.41) is 0. The Kier molecular flexibility index (Phi) is 11.2. The van der Waals surface area contributed by atoms with Crippen LogP contribution in [0.2, 0.25) is 0 Å². The van der Waals surface area contributed by atoms with Crippen molar-refractivity contribution in [1.82, 2.24) is 0 Å². The van der Waals surface area contributed by atoms with Crippen LogP contribution >= 0.6 is 21.0 Å². The minimum Gasteiger partial charge on any atom is -0.497 e. The second kappa shape index (κ2) is 12.8. The fraction of sp³-hybridized carbons (Fsp3) is 0.667. The molecule has 0 aromatic heterocycles. The fourth-order valence-electron chi connectivity index (χ4n) is 7.40. The van der Waals surface area contributed by atoms with E-state index in [0.29, 0.717) is 0 Å². The van der Waals surface area contributed by atoms with Gasteiger partial charge in [0.1, 0.15) is 11.5 Å². The summed E-state index contributed by atoms with van der Waals surface area (Å²) in [4.78, 5) is 0. The predicted molar refractivity (Wildman–Crippen MR) is 183 cm³/mol. The lowest BCUT2D eigenvalue weighted by Gasteiger charge is -2.40. The van der Waals surface area contributed by atoms with Crippen LogP contribution in [0.3, 0.4) is 0 Å². The van der Waals surface area contributed by atoms with Gasteiger partial charge in [0.15, 0.2) is 0 Å². The molecule has 226 valence electrons. The van der Waals surface area contributed by atoms with Crippen molar-refractivity contribution in [2.24, 2.45) is 14.0 Å². The molecule has 40 heavy (non-hydrogen) atoms. The summed E-state index contributed by atoms with van der Waals surface area (Å²) in [6.07, 6.45) is 4.51. The summed E-state index contributed by atoms with van der Waals surface area (Å²) in [5.41, 5.74) is 3.28. The second-order valence-electron chi connectivity index (χ2n) is 16.0. The van der Waals surface area contributed by atoms with E-state index >= 15 is 0 Å². The molecular formula is C36H58INO2. The summed E-state index contributed by atoms with van der Waals surface area (Å²) in [6.45, 7) is 28.8. The van der Waals surface area contributed by atoms with E-state index in [1.54, 1.807) is 14.2 Å². The van der Waals surface area contributed by atoms with Crippen molar-refractivity contribution in [2.45, 2.75) is 129 Å². The SMILES string of the molecule is COc1ccc(C(C)(C)CC(C)(C)CC(C)(C)N=IC(C)(C)CC(C)(C)CC(C)(C)c2ccc(OC)cc2)cc1. The van der Waals surface area contributed by atoms with Crippen LogP contribution in [0.15, 0.2) is 51.7 Å². The van der Waals surface area contributed by atoms with Gasteiger partial charge in [-0.05, 0) is 131 Å². The molecule has 0 fully saturated rings. The van der Waals surface area contributed by atoms with E-state index in [-0.39, 0.29) is 51.7 Å². The minimum absolute atomic E-state index is 0.0312. The van der Waals surface area contributed by atoms with Crippen molar-refractivity contribution in [3.63, 3.8) is 0 Å².